The van der Waals surface area contributed by atoms with Crippen LogP contribution in [-0.2, 0) is 13.0 Å². The normalized spacial score (nSPS) is 16.5. The fraction of sp³-hybridized carbons (Fsp3) is 0.409. The smallest absolute Gasteiger partial charge is 0.125 e. The van der Waals surface area contributed by atoms with Crippen LogP contribution in [0.5, 0.6) is 0 Å². The van der Waals surface area contributed by atoms with Gasteiger partial charge in [0.05, 0.1) is 11.0 Å². The van der Waals surface area contributed by atoms with Crippen molar-refractivity contribution in [3.63, 3.8) is 0 Å². The molecule has 1 saturated heterocycles. The summed E-state index contributed by atoms with van der Waals surface area (Å²) in [5.74, 6) is 0.448. The highest BCUT2D eigenvalue weighted by Crippen LogP contribution is 2.20. The van der Waals surface area contributed by atoms with Gasteiger partial charge in [-0.2, -0.15) is 0 Å². The molecule has 0 amide bonds. The third-order valence-electron chi connectivity index (χ3n) is 5.64. The van der Waals surface area contributed by atoms with E-state index in [1.54, 1.807) is 0 Å². The van der Waals surface area contributed by atoms with Gasteiger partial charge in [-0.25, -0.2) is 13.8 Å². The van der Waals surface area contributed by atoms with E-state index in [4.69, 9.17) is 0 Å². The van der Waals surface area contributed by atoms with Crippen LogP contribution in [0.4, 0.5) is 8.78 Å². The van der Waals surface area contributed by atoms with Crippen molar-refractivity contribution in [1.29, 1.82) is 0 Å². The van der Waals surface area contributed by atoms with Crippen molar-refractivity contribution in [1.82, 2.24) is 19.8 Å². The molecule has 2 heterocycles. The highest BCUT2D eigenvalue weighted by molar-refractivity contribution is 5.76. The molecule has 1 aliphatic heterocycles. The molecule has 1 aliphatic rings. The minimum Gasteiger partial charge on any atom is -0.328 e. The molecule has 148 valence electrons. The van der Waals surface area contributed by atoms with Gasteiger partial charge in [-0.15, -0.1) is 0 Å². The molecule has 2 aromatic carbocycles. The van der Waals surface area contributed by atoms with Gasteiger partial charge >= 0.3 is 0 Å². The second kappa shape index (κ2) is 8.37. The Balaban J connectivity index is 1.53. The van der Waals surface area contributed by atoms with Gasteiger partial charge in [0, 0.05) is 44.8 Å². The lowest BCUT2D eigenvalue weighted by Crippen LogP contribution is -2.49. The van der Waals surface area contributed by atoms with E-state index < -0.39 is 0 Å². The van der Waals surface area contributed by atoms with E-state index in [-0.39, 0.29) is 11.6 Å². The SMILES string of the molecule is Cc1nc2cc(F)ccc2n1CCC(Cc1ccc(F)cc1)N1CCNCC1. The maximum Gasteiger partial charge on any atom is 0.125 e. The molecular weight excluding hydrogens is 358 g/mol. The molecule has 4 nitrogen and oxygen atoms in total. The number of nitrogens with one attached hydrogen (secondary N) is 1. The highest BCUT2D eigenvalue weighted by Gasteiger charge is 2.21. The van der Waals surface area contributed by atoms with Crippen LogP contribution in [-0.4, -0.2) is 46.7 Å². The third kappa shape index (κ3) is 4.23. The number of aromatic nitrogens is 2. The second-order valence-electron chi connectivity index (χ2n) is 7.50. The van der Waals surface area contributed by atoms with E-state index in [9.17, 15) is 8.78 Å². The summed E-state index contributed by atoms with van der Waals surface area (Å²) >= 11 is 0. The Morgan fingerprint density at radius 1 is 1.04 bits per heavy atom. The van der Waals surface area contributed by atoms with Gasteiger partial charge in [0.15, 0.2) is 0 Å². The Morgan fingerprint density at radius 2 is 1.75 bits per heavy atom. The summed E-state index contributed by atoms with van der Waals surface area (Å²) in [5.41, 5.74) is 2.83. The molecule has 1 fully saturated rings. The summed E-state index contributed by atoms with van der Waals surface area (Å²) in [6, 6.07) is 12.0. The molecule has 0 saturated carbocycles. The van der Waals surface area contributed by atoms with Crippen molar-refractivity contribution in [2.24, 2.45) is 0 Å². The summed E-state index contributed by atoms with van der Waals surface area (Å²) in [6.45, 7) is 6.81. The zero-order chi connectivity index (χ0) is 19.5. The summed E-state index contributed by atoms with van der Waals surface area (Å²) in [5, 5.41) is 3.41. The van der Waals surface area contributed by atoms with Gasteiger partial charge in [0.2, 0.25) is 0 Å². The van der Waals surface area contributed by atoms with E-state index >= 15 is 0 Å². The van der Waals surface area contributed by atoms with E-state index in [1.807, 2.05) is 25.1 Å². The summed E-state index contributed by atoms with van der Waals surface area (Å²) in [6.07, 6.45) is 1.85. The first-order chi connectivity index (χ1) is 13.6. The second-order valence-corrected chi connectivity index (χ2v) is 7.50. The molecular formula is C22H26F2N4. The summed E-state index contributed by atoms with van der Waals surface area (Å²) < 4.78 is 29.0. The first-order valence-corrected chi connectivity index (χ1v) is 9.92. The minimum absolute atomic E-state index is 0.199. The number of piperazine rings is 1. The van der Waals surface area contributed by atoms with Crippen molar-refractivity contribution < 1.29 is 8.78 Å². The lowest BCUT2D eigenvalue weighted by Gasteiger charge is -2.35. The van der Waals surface area contributed by atoms with Crippen molar-refractivity contribution in [2.75, 3.05) is 26.2 Å². The number of aryl methyl sites for hydroxylation is 2. The number of hydrogen-bond donors (Lipinski definition) is 1. The predicted octanol–water partition coefficient (Wildman–Crippen LogP) is 3.53. The van der Waals surface area contributed by atoms with Crippen LogP contribution >= 0.6 is 0 Å². The number of nitrogens with zero attached hydrogens (tertiary/aromatic N) is 3. The van der Waals surface area contributed by atoms with Crippen LogP contribution in [0.3, 0.4) is 0 Å². The largest absolute Gasteiger partial charge is 0.328 e. The monoisotopic (exact) mass is 384 g/mol. The molecule has 1 N–H and O–H groups in total. The van der Waals surface area contributed by atoms with Crippen LogP contribution in [0.1, 0.15) is 17.8 Å². The number of fused-ring (bicyclic) bond motifs is 1. The number of hydrogen-bond acceptors (Lipinski definition) is 3. The van der Waals surface area contributed by atoms with Gasteiger partial charge in [0.1, 0.15) is 17.5 Å². The van der Waals surface area contributed by atoms with Crippen molar-refractivity contribution >= 4 is 11.0 Å². The molecule has 1 unspecified atom stereocenters. The molecule has 0 bridgehead atoms. The van der Waals surface area contributed by atoms with Crippen LogP contribution in [0.25, 0.3) is 11.0 Å². The quantitative estimate of drug-likeness (QED) is 0.706. The Hall–Kier alpha value is -2.31. The molecule has 6 heteroatoms. The van der Waals surface area contributed by atoms with Gasteiger partial charge in [-0.1, -0.05) is 12.1 Å². The van der Waals surface area contributed by atoms with Gasteiger partial charge in [0.25, 0.3) is 0 Å². The number of imidazole rings is 1. The Bertz CT molecular complexity index is 930. The first-order valence-electron chi connectivity index (χ1n) is 9.92. The van der Waals surface area contributed by atoms with Crippen molar-refractivity contribution in [2.45, 2.75) is 32.4 Å². The van der Waals surface area contributed by atoms with E-state index in [0.717, 1.165) is 62.5 Å². The van der Waals surface area contributed by atoms with E-state index in [2.05, 4.69) is 19.8 Å². The molecule has 4 rings (SSSR count). The maximum absolute atomic E-state index is 13.5. The molecule has 28 heavy (non-hydrogen) atoms. The van der Waals surface area contributed by atoms with Crippen LogP contribution in [0.15, 0.2) is 42.5 Å². The fourth-order valence-corrected chi connectivity index (χ4v) is 4.14. The Labute approximate surface area is 164 Å². The Morgan fingerprint density at radius 3 is 2.50 bits per heavy atom. The fourth-order valence-electron chi connectivity index (χ4n) is 4.14. The van der Waals surface area contributed by atoms with Crippen molar-refractivity contribution in [3.05, 3.63) is 65.5 Å². The number of benzene rings is 2. The molecule has 0 spiro atoms. The van der Waals surface area contributed by atoms with Crippen LogP contribution in [0, 0.1) is 18.6 Å². The maximum atomic E-state index is 13.5. The topological polar surface area (TPSA) is 33.1 Å². The lowest BCUT2D eigenvalue weighted by molar-refractivity contribution is 0.159. The lowest BCUT2D eigenvalue weighted by atomic mass is 10.0. The van der Waals surface area contributed by atoms with Gasteiger partial charge < -0.3 is 9.88 Å². The zero-order valence-corrected chi connectivity index (χ0v) is 16.2. The zero-order valence-electron chi connectivity index (χ0n) is 16.2. The highest BCUT2D eigenvalue weighted by atomic mass is 19.1. The van der Waals surface area contributed by atoms with Crippen molar-refractivity contribution in [3.8, 4) is 0 Å². The minimum atomic E-state index is -0.257. The summed E-state index contributed by atoms with van der Waals surface area (Å²) in [4.78, 5) is 7.04. The van der Waals surface area contributed by atoms with Gasteiger partial charge in [-0.05, 0) is 49.6 Å². The molecule has 0 aliphatic carbocycles. The average Bonchev–Trinajstić information content (AvgIpc) is 3.01. The third-order valence-corrected chi connectivity index (χ3v) is 5.64. The predicted molar refractivity (Wildman–Crippen MR) is 107 cm³/mol. The first kappa shape index (κ1) is 19.0. The van der Waals surface area contributed by atoms with Gasteiger partial charge in [-0.3, -0.25) is 4.90 Å². The Kier molecular flexibility index (Phi) is 5.69. The molecule has 1 atom stereocenters. The molecule has 3 aromatic rings. The average molecular weight is 384 g/mol. The van der Waals surface area contributed by atoms with E-state index in [0.29, 0.717) is 11.6 Å². The molecule has 0 radical (unpaired) electrons. The van der Waals surface area contributed by atoms with Crippen LogP contribution in [0.2, 0.25) is 0 Å². The number of rotatable bonds is 6. The van der Waals surface area contributed by atoms with Crippen LogP contribution < -0.4 is 5.32 Å². The number of halogens is 2. The summed E-state index contributed by atoms with van der Waals surface area (Å²) in [7, 11) is 0. The molecule has 1 aromatic heterocycles. The van der Waals surface area contributed by atoms with E-state index in [1.165, 1.54) is 24.3 Å². The standard InChI is InChI=1S/C22H26F2N4/c1-16-26-21-15-19(24)6-7-22(21)28(16)11-8-20(27-12-9-25-10-13-27)14-17-2-4-18(23)5-3-17/h2-7,15,20,25H,8-14H2,1H3.